The summed E-state index contributed by atoms with van der Waals surface area (Å²) in [5, 5.41) is 9.25. The van der Waals surface area contributed by atoms with Crippen molar-refractivity contribution in [2.24, 2.45) is 17.3 Å². The summed E-state index contributed by atoms with van der Waals surface area (Å²) < 4.78 is 11.9. The van der Waals surface area contributed by atoms with Crippen LogP contribution < -0.4 is 0 Å². The molecule has 5 heteroatoms. The molecule has 0 aromatic carbocycles. The number of rotatable bonds is 6. The highest BCUT2D eigenvalue weighted by molar-refractivity contribution is 5.91. The minimum absolute atomic E-state index is 0.000684. The Balaban J connectivity index is 2.26. The van der Waals surface area contributed by atoms with Gasteiger partial charge in [-0.1, -0.05) is 20.8 Å². The van der Waals surface area contributed by atoms with Crippen molar-refractivity contribution < 1.29 is 19.4 Å². The molecule has 2 aliphatic heterocycles. The average Bonchev–Trinajstić information content (AvgIpc) is 2.59. The molecule has 1 N–H and O–H groups in total. The summed E-state index contributed by atoms with van der Waals surface area (Å²) in [7, 11) is 0. The van der Waals surface area contributed by atoms with Crippen LogP contribution in [-0.2, 0) is 14.3 Å². The third-order valence-corrected chi connectivity index (χ3v) is 5.27. The standard InChI is InChI=1S/C20H35NO4/c1-5-24-19-15(10-9-13-22)16(20(2,3)4)14-17(25-19)18(23)21-11-7-6-8-12-21/h14-16,19,22H,5-13H2,1-4H3/t15-,16+,19-/m0/s1. The van der Waals surface area contributed by atoms with Gasteiger partial charge in [-0.15, -0.1) is 0 Å². The number of piperidine rings is 1. The van der Waals surface area contributed by atoms with Crippen LogP contribution >= 0.6 is 0 Å². The van der Waals surface area contributed by atoms with E-state index in [0.717, 1.165) is 32.4 Å². The lowest BCUT2D eigenvalue weighted by molar-refractivity contribution is -0.182. The van der Waals surface area contributed by atoms with Crippen LogP contribution in [0, 0.1) is 17.3 Å². The van der Waals surface area contributed by atoms with E-state index in [4.69, 9.17) is 9.47 Å². The summed E-state index contributed by atoms with van der Waals surface area (Å²) in [4.78, 5) is 14.8. The number of likely N-dealkylation sites (tertiary alicyclic amines) is 1. The summed E-state index contributed by atoms with van der Waals surface area (Å²) in [6.07, 6.45) is 6.46. The number of aliphatic hydroxyl groups is 1. The fraction of sp³-hybridized carbons (Fsp3) is 0.850. The van der Waals surface area contributed by atoms with Crippen molar-refractivity contribution in [2.45, 2.75) is 66.1 Å². The molecule has 1 fully saturated rings. The molecule has 3 atom stereocenters. The lowest BCUT2D eigenvalue weighted by atomic mass is 9.70. The summed E-state index contributed by atoms with van der Waals surface area (Å²) >= 11 is 0. The minimum atomic E-state index is -0.422. The first-order valence-corrected chi connectivity index (χ1v) is 9.78. The molecule has 2 rings (SSSR count). The van der Waals surface area contributed by atoms with Crippen LogP contribution in [0.4, 0.5) is 0 Å². The zero-order valence-corrected chi connectivity index (χ0v) is 16.3. The highest BCUT2D eigenvalue weighted by atomic mass is 16.7. The van der Waals surface area contributed by atoms with E-state index in [1.165, 1.54) is 6.42 Å². The van der Waals surface area contributed by atoms with Crippen LogP contribution in [-0.4, -0.2) is 48.5 Å². The first-order valence-electron chi connectivity index (χ1n) is 9.78. The molecule has 5 nitrogen and oxygen atoms in total. The highest BCUT2D eigenvalue weighted by Gasteiger charge is 2.42. The first kappa shape index (κ1) is 20.2. The minimum Gasteiger partial charge on any atom is -0.459 e. The Labute approximate surface area is 152 Å². The van der Waals surface area contributed by atoms with Crippen LogP contribution in [0.2, 0.25) is 0 Å². The van der Waals surface area contributed by atoms with Gasteiger partial charge in [0.25, 0.3) is 5.91 Å². The van der Waals surface area contributed by atoms with E-state index in [2.05, 4.69) is 20.8 Å². The normalized spacial score (nSPS) is 27.6. The van der Waals surface area contributed by atoms with Gasteiger partial charge in [0.2, 0.25) is 6.29 Å². The number of amides is 1. The van der Waals surface area contributed by atoms with Gasteiger partial charge in [0.15, 0.2) is 5.76 Å². The number of nitrogens with zero attached hydrogens (tertiary/aromatic N) is 1. The van der Waals surface area contributed by atoms with Gasteiger partial charge < -0.3 is 19.5 Å². The Morgan fingerprint density at radius 3 is 2.56 bits per heavy atom. The molecular formula is C20H35NO4. The molecular weight excluding hydrogens is 318 g/mol. The molecule has 0 saturated carbocycles. The van der Waals surface area contributed by atoms with Gasteiger partial charge in [0.05, 0.1) is 0 Å². The smallest absolute Gasteiger partial charge is 0.288 e. The van der Waals surface area contributed by atoms with Gasteiger partial charge in [-0.3, -0.25) is 4.79 Å². The molecule has 0 aliphatic carbocycles. The summed E-state index contributed by atoms with van der Waals surface area (Å²) in [5.41, 5.74) is -0.00726. The fourth-order valence-electron chi connectivity index (χ4n) is 3.94. The number of carbonyl (C=O) groups excluding carboxylic acids is 1. The molecule has 2 heterocycles. The van der Waals surface area contributed by atoms with E-state index >= 15 is 0 Å². The molecule has 25 heavy (non-hydrogen) atoms. The Bertz CT molecular complexity index is 463. The van der Waals surface area contributed by atoms with Crippen molar-refractivity contribution in [1.29, 1.82) is 0 Å². The van der Waals surface area contributed by atoms with Crippen LogP contribution in [0.1, 0.15) is 59.8 Å². The monoisotopic (exact) mass is 353 g/mol. The van der Waals surface area contributed by atoms with Crippen LogP contribution in [0.5, 0.6) is 0 Å². The SMILES string of the molecule is CCO[C@H]1OC(C(=O)N2CCCCC2)=C[C@@H](C(C)(C)C)[C@@H]1CCCO. The highest BCUT2D eigenvalue weighted by Crippen LogP contribution is 2.43. The third-order valence-electron chi connectivity index (χ3n) is 5.27. The van der Waals surface area contributed by atoms with Gasteiger partial charge in [-0.2, -0.15) is 0 Å². The van der Waals surface area contributed by atoms with Crippen molar-refractivity contribution >= 4 is 5.91 Å². The third kappa shape index (κ3) is 5.20. The molecule has 0 aromatic rings. The molecule has 0 aromatic heterocycles. The van der Waals surface area contributed by atoms with Crippen molar-refractivity contribution in [2.75, 3.05) is 26.3 Å². The molecule has 0 radical (unpaired) electrons. The van der Waals surface area contributed by atoms with Crippen LogP contribution in [0.15, 0.2) is 11.8 Å². The van der Waals surface area contributed by atoms with Gasteiger partial charge in [-0.25, -0.2) is 0 Å². The number of allylic oxidation sites excluding steroid dienone is 1. The van der Waals surface area contributed by atoms with E-state index in [1.54, 1.807) is 0 Å². The number of hydrogen-bond acceptors (Lipinski definition) is 4. The van der Waals surface area contributed by atoms with E-state index < -0.39 is 6.29 Å². The molecule has 1 amide bonds. The van der Waals surface area contributed by atoms with Gasteiger partial charge in [0, 0.05) is 32.2 Å². The summed E-state index contributed by atoms with van der Waals surface area (Å²) in [6.45, 7) is 10.9. The number of carbonyl (C=O) groups is 1. The summed E-state index contributed by atoms with van der Waals surface area (Å²) in [5.74, 6) is 0.762. The van der Waals surface area contributed by atoms with Gasteiger partial charge in [0.1, 0.15) is 0 Å². The van der Waals surface area contributed by atoms with Crippen LogP contribution in [0.3, 0.4) is 0 Å². The topological polar surface area (TPSA) is 59.0 Å². The van der Waals surface area contributed by atoms with Crippen molar-refractivity contribution in [3.05, 3.63) is 11.8 Å². The van der Waals surface area contributed by atoms with E-state index in [0.29, 0.717) is 18.8 Å². The Morgan fingerprint density at radius 2 is 2.00 bits per heavy atom. The molecule has 2 aliphatic rings. The Hall–Kier alpha value is -1.07. The first-order chi connectivity index (χ1) is 11.9. The lowest BCUT2D eigenvalue weighted by Gasteiger charge is -2.43. The lowest BCUT2D eigenvalue weighted by Crippen LogP contribution is -2.45. The second-order valence-corrected chi connectivity index (χ2v) is 8.25. The van der Waals surface area contributed by atoms with Crippen molar-refractivity contribution in [3.8, 4) is 0 Å². The number of hydrogen-bond donors (Lipinski definition) is 1. The fourth-order valence-corrected chi connectivity index (χ4v) is 3.94. The van der Waals surface area contributed by atoms with Gasteiger partial charge >= 0.3 is 0 Å². The van der Waals surface area contributed by atoms with E-state index in [9.17, 15) is 9.90 Å². The van der Waals surface area contributed by atoms with Crippen molar-refractivity contribution in [3.63, 3.8) is 0 Å². The zero-order chi connectivity index (χ0) is 18.4. The molecule has 144 valence electrons. The average molecular weight is 354 g/mol. The van der Waals surface area contributed by atoms with E-state index in [1.807, 2.05) is 17.9 Å². The zero-order valence-electron chi connectivity index (χ0n) is 16.3. The predicted octanol–water partition coefficient (Wildman–Crippen LogP) is 3.33. The molecule has 0 unspecified atom stereocenters. The number of aliphatic hydroxyl groups excluding tert-OH is 1. The quantitative estimate of drug-likeness (QED) is 0.796. The Kier molecular flexibility index (Phi) is 7.32. The Morgan fingerprint density at radius 1 is 1.32 bits per heavy atom. The van der Waals surface area contributed by atoms with E-state index in [-0.39, 0.29) is 29.8 Å². The van der Waals surface area contributed by atoms with Gasteiger partial charge in [-0.05, 0) is 56.4 Å². The largest absolute Gasteiger partial charge is 0.459 e. The predicted molar refractivity (Wildman–Crippen MR) is 97.8 cm³/mol. The number of ether oxygens (including phenoxy) is 2. The maximum atomic E-state index is 12.9. The van der Waals surface area contributed by atoms with Crippen molar-refractivity contribution in [1.82, 2.24) is 4.90 Å². The molecule has 1 saturated heterocycles. The summed E-state index contributed by atoms with van der Waals surface area (Å²) in [6, 6.07) is 0. The maximum absolute atomic E-state index is 12.9. The second-order valence-electron chi connectivity index (χ2n) is 8.25. The molecule has 0 bridgehead atoms. The maximum Gasteiger partial charge on any atom is 0.288 e. The second kappa shape index (κ2) is 9.04. The van der Waals surface area contributed by atoms with Crippen LogP contribution in [0.25, 0.3) is 0 Å². The molecule has 0 spiro atoms.